The third-order valence-electron chi connectivity index (χ3n) is 4.29. The van der Waals surface area contributed by atoms with Gasteiger partial charge in [-0.15, -0.1) is 0 Å². The highest BCUT2D eigenvalue weighted by Gasteiger charge is 2.25. The Balaban J connectivity index is 2.13. The molecule has 5 nitrogen and oxygen atoms in total. The molecular formula is C15H24N4O. The molecule has 110 valence electrons. The molecule has 0 radical (unpaired) electrons. The second kappa shape index (κ2) is 6.20. The molecule has 0 aliphatic heterocycles. The van der Waals surface area contributed by atoms with Gasteiger partial charge in [0.15, 0.2) is 0 Å². The molecule has 1 amide bonds. The average Bonchev–Trinajstić information content (AvgIpc) is 2.38. The van der Waals surface area contributed by atoms with Crippen LogP contribution < -0.4 is 11.5 Å². The van der Waals surface area contributed by atoms with Crippen LogP contribution in [0.25, 0.3) is 0 Å². The fraction of sp³-hybridized carbons (Fsp3) is 0.667. The van der Waals surface area contributed by atoms with Crippen LogP contribution in [0.2, 0.25) is 0 Å². The van der Waals surface area contributed by atoms with Gasteiger partial charge in [-0.3, -0.25) is 4.79 Å². The van der Waals surface area contributed by atoms with E-state index in [-0.39, 0.29) is 11.4 Å². The van der Waals surface area contributed by atoms with Crippen LogP contribution in [0.5, 0.6) is 0 Å². The molecule has 0 unspecified atom stereocenters. The molecule has 1 aromatic rings. The van der Waals surface area contributed by atoms with Gasteiger partial charge in [0.1, 0.15) is 17.2 Å². The van der Waals surface area contributed by atoms with Crippen LogP contribution in [0.15, 0.2) is 0 Å². The van der Waals surface area contributed by atoms with Crippen LogP contribution in [0.1, 0.15) is 73.2 Å². The molecule has 5 heteroatoms. The SMILES string of the molecule is CCCC1CCC(c2nc(C)c(C(N)=O)c(N)n2)CC1. The molecule has 4 N–H and O–H groups in total. The van der Waals surface area contributed by atoms with Gasteiger partial charge in [-0.1, -0.05) is 19.8 Å². The molecule has 1 aliphatic carbocycles. The predicted molar refractivity (Wildman–Crippen MR) is 79.3 cm³/mol. The molecular weight excluding hydrogens is 252 g/mol. The van der Waals surface area contributed by atoms with Crippen molar-refractivity contribution in [1.82, 2.24) is 9.97 Å². The molecule has 20 heavy (non-hydrogen) atoms. The molecule has 1 aliphatic rings. The van der Waals surface area contributed by atoms with Crippen molar-refractivity contribution in [3.63, 3.8) is 0 Å². The largest absolute Gasteiger partial charge is 0.383 e. The summed E-state index contributed by atoms with van der Waals surface area (Å²) in [6.07, 6.45) is 7.26. The van der Waals surface area contributed by atoms with E-state index in [0.717, 1.165) is 24.6 Å². The number of carbonyl (C=O) groups is 1. The van der Waals surface area contributed by atoms with Gasteiger partial charge in [-0.2, -0.15) is 0 Å². The van der Waals surface area contributed by atoms with Gasteiger partial charge in [0.05, 0.1) is 5.69 Å². The van der Waals surface area contributed by atoms with Crippen LogP contribution in [0.4, 0.5) is 5.82 Å². The first-order chi connectivity index (χ1) is 9.52. The van der Waals surface area contributed by atoms with Gasteiger partial charge in [-0.05, 0) is 38.5 Å². The Bertz CT molecular complexity index is 470. The number of primary amides is 1. The monoisotopic (exact) mass is 276 g/mol. The number of hydrogen-bond donors (Lipinski definition) is 2. The number of nitrogens with two attached hydrogens (primary N) is 2. The zero-order valence-corrected chi connectivity index (χ0v) is 12.4. The second-order valence-electron chi connectivity index (χ2n) is 5.80. The van der Waals surface area contributed by atoms with Crippen LogP contribution in [-0.4, -0.2) is 15.9 Å². The molecule has 0 spiro atoms. The van der Waals surface area contributed by atoms with Crippen molar-refractivity contribution in [2.75, 3.05) is 5.73 Å². The first-order valence-corrected chi connectivity index (χ1v) is 7.46. The van der Waals surface area contributed by atoms with E-state index in [1.807, 2.05) is 0 Å². The lowest BCUT2D eigenvalue weighted by atomic mass is 9.79. The molecule has 1 aromatic heterocycles. The van der Waals surface area contributed by atoms with Gasteiger partial charge >= 0.3 is 0 Å². The van der Waals surface area contributed by atoms with E-state index in [1.54, 1.807) is 6.92 Å². The quantitative estimate of drug-likeness (QED) is 0.883. The minimum atomic E-state index is -0.557. The van der Waals surface area contributed by atoms with E-state index in [0.29, 0.717) is 11.6 Å². The van der Waals surface area contributed by atoms with Gasteiger partial charge < -0.3 is 11.5 Å². The van der Waals surface area contributed by atoms with E-state index in [9.17, 15) is 4.79 Å². The Hall–Kier alpha value is -1.65. The zero-order valence-electron chi connectivity index (χ0n) is 12.4. The Kier molecular flexibility index (Phi) is 4.57. The summed E-state index contributed by atoms with van der Waals surface area (Å²) < 4.78 is 0. The molecule has 2 rings (SSSR count). The topological polar surface area (TPSA) is 94.9 Å². The van der Waals surface area contributed by atoms with Crippen molar-refractivity contribution in [1.29, 1.82) is 0 Å². The minimum absolute atomic E-state index is 0.218. The van der Waals surface area contributed by atoms with Crippen LogP contribution in [-0.2, 0) is 0 Å². The van der Waals surface area contributed by atoms with E-state index >= 15 is 0 Å². The third-order valence-corrected chi connectivity index (χ3v) is 4.29. The zero-order chi connectivity index (χ0) is 14.7. The molecule has 1 heterocycles. The number of nitrogen functional groups attached to an aromatic ring is 1. The van der Waals surface area contributed by atoms with Gasteiger partial charge in [-0.25, -0.2) is 9.97 Å². The standard InChI is InChI=1S/C15H24N4O/c1-3-4-10-5-7-11(8-6-10)15-18-9(2)12(14(17)20)13(16)19-15/h10-11H,3-8H2,1-2H3,(H2,17,20)(H2,16,18,19). The number of anilines is 1. The maximum Gasteiger partial charge on any atom is 0.254 e. The Morgan fingerprint density at radius 2 is 1.90 bits per heavy atom. The lowest BCUT2D eigenvalue weighted by molar-refractivity contribution is 0.1000. The van der Waals surface area contributed by atoms with Crippen molar-refractivity contribution >= 4 is 11.7 Å². The first-order valence-electron chi connectivity index (χ1n) is 7.46. The molecule has 1 fully saturated rings. The van der Waals surface area contributed by atoms with E-state index in [2.05, 4.69) is 16.9 Å². The van der Waals surface area contributed by atoms with Crippen molar-refractivity contribution in [2.45, 2.75) is 58.3 Å². The van der Waals surface area contributed by atoms with Gasteiger partial charge in [0.2, 0.25) is 0 Å². The predicted octanol–water partition coefficient (Wildman–Crippen LogP) is 2.54. The highest BCUT2D eigenvalue weighted by Crippen LogP contribution is 2.36. The summed E-state index contributed by atoms with van der Waals surface area (Å²) in [6.45, 7) is 4.01. The van der Waals surface area contributed by atoms with E-state index < -0.39 is 5.91 Å². The van der Waals surface area contributed by atoms with Crippen LogP contribution in [0, 0.1) is 12.8 Å². The summed E-state index contributed by atoms with van der Waals surface area (Å²) in [5.74, 6) is 1.65. The van der Waals surface area contributed by atoms with E-state index in [1.165, 1.54) is 25.7 Å². The highest BCUT2D eigenvalue weighted by molar-refractivity contribution is 5.98. The summed E-state index contributed by atoms with van der Waals surface area (Å²) >= 11 is 0. The van der Waals surface area contributed by atoms with Crippen molar-refractivity contribution in [3.05, 3.63) is 17.1 Å². The van der Waals surface area contributed by atoms with Crippen molar-refractivity contribution in [2.24, 2.45) is 11.7 Å². The second-order valence-corrected chi connectivity index (χ2v) is 5.80. The summed E-state index contributed by atoms with van der Waals surface area (Å²) in [7, 11) is 0. The Labute approximate surface area is 120 Å². The van der Waals surface area contributed by atoms with Gasteiger partial charge in [0, 0.05) is 5.92 Å². The normalized spacial score (nSPS) is 22.7. The molecule has 0 aromatic carbocycles. The highest BCUT2D eigenvalue weighted by atomic mass is 16.1. The van der Waals surface area contributed by atoms with Crippen molar-refractivity contribution in [3.8, 4) is 0 Å². The number of hydrogen-bond acceptors (Lipinski definition) is 4. The molecule has 1 saturated carbocycles. The number of aryl methyl sites for hydroxylation is 1. The minimum Gasteiger partial charge on any atom is -0.383 e. The smallest absolute Gasteiger partial charge is 0.254 e. The number of nitrogens with zero attached hydrogens (tertiary/aromatic N) is 2. The molecule has 0 atom stereocenters. The molecule has 0 bridgehead atoms. The number of rotatable bonds is 4. The summed E-state index contributed by atoms with van der Waals surface area (Å²) in [5, 5.41) is 0. The Morgan fingerprint density at radius 1 is 1.25 bits per heavy atom. The average molecular weight is 276 g/mol. The Morgan fingerprint density at radius 3 is 2.40 bits per heavy atom. The van der Waals surface area contributed by atoms with E-state index in [4.69, 9.17) is 11.5 Å². The number of amides is 1. The van der Waals surface area contributed by atoms with Crippen molar-refractivity contribution < 1.29 is 4.79 Å². The summed E-state index contributed by atoms with van der Waals surface area (Å²) in [5.41, 5.74) is 12.0. The maximum atomic E-state index is 11.3. The lowest BCUT2D eigenvalue weighted by Crippen LogP contribution is -2.21. The fourth-order valence-electron chi connectivity index (χ4n) is 3.22. The number of carbonyl (C=O) groups excluding carboxylic acids is 1. The fourth-order valence-corrected chi connectivity index (χ4v) is 3.22. The summed E-state index contributed by atoms with van der Waals surface area (Å²) in [4.78, 5) is 20.1. The first kappa shape index (κ1) is 14.8. The van der Waals surface area contributed by atoms with Crippen LogP contribution in [0.3, 0.4) is 0 Å². The van der Waals surface area contributed by atoms with Gasteiger partial charge in [0.25, 0.3) is 5.91 Å². The summed E-state index contributed by atoms with van der Waals surface area (Å²) in [6, 6.07) is 0. The maximum absolute atomic E-state index is 11.3. The van der Waals surface area contributed by atoms with Crippen LogP contribution >= 0.6 is 0 Å². The third kappa shape index (κ3) is 3.08. The lowest BCUT2D eigenvalue weighted by Gasteiger charge is -2.27. The number of aromatic nitrogens is 2. The molecule has 0 saturated heterocycles.